The van der Waals surface area contributed by atoms with E-state index in [4.69, 9.17) is 4.74 Å². The SMILES string of the molecule is C=CCNc1ccc(C(Br)C(Br)C(=O)OCC)cc1. The summed E-state index contributed by atoms with van der Waals surface area (Å²) in [5.74, 6) is -0.266. The van der Waals surface area contributed by atoms with Gasteiger partial charge in [0.25, 0.3) is 0 Å². The van der Waals surface area contributed by atoms with E-state index in [1.807, 2.05) is 24.3 Å². The van der Waals surface area contributed by atoms with Gasteiger partial charge in [-0.25, -0.2) is 0 Å². The van der Waals surface area contributed by atoms with Crippen molar-refractivity contribution in [1.29, 1.82) is 0 Å². The van der Waals surface area contributed by atoms with Gasteiger partial charge in [0.2, 0.25) is 0 Å². The van der Waals surface area contributed by atoms with Crippen LogP contribution in [-0.4, -0.2) is 23.9 Å². The summed E-state index contributed by atoms with van der Waals surface area (Å²) in [6.45, 7) is 6.55. The van der Waals surface area contributed by atoms with Crippen LogP contribution < -0.4 is 5.32 Å². The van der Waals surface area contributed by atoms with Gasteiger partial charge in [-0.1, -0.05) is 50.1 Å². The average Bonchev–Trinajstić information content (AvgIpc) is 2.44. The Kier molecular flexibility index (Phi) is 7.16. The van der Waals surface area contributed by atoms with E-state index in [1.54, 1.807) is 13.0 Å². The molecule has 0 amide bonds. The number of hydrogen-bond donors (Lipinski definition) is 1. The maximum absolute atomic E-state index is 11.6. The van der Waals surface area contributed by atoms with Gasteiger partial charge in [-0.2, -0.15) is 0 Å². The minimum atomic E-state index is -0.403. The summed E-state index contributed by atoms with van der Waals surface area (Å²) in [6.07, 6.45) is 1.80. The van der Waals surface area contributed by atoms with Crippen LogP contribution in [0.4, 0.5) is 5.69 Å². The lowest BCUT2D eigenvalue weighted by Crippen LogP contribution is -2.21. The molecule has 0 radical (unpaired) electrons. The third kappa shape index (κ3) is 4.99. The highest BCUT2D eigenvalue weighted by Gasteiger charge is 2.26. The lowest BCUT2D eigenvalue weighted by atomic mass is 10.1. The largest absolute Gasteiger partial charge is 0.465 e. The highest BCUT2D eigenvalue weighted by Crippen LogP contribution is 2.32. The summed E-state index contributed by atoms with van der Waals surface area (Å²) in [4.78, 5) is 11.1. The molecule has 104 valence electrons. The number of alkyl halides is 2. The van der Waals surface area contributed by atoms with Gasteiger partial charge in [0.05, 0.1) is 11.4 Å². The lowest BCUT2D eigenvalue weighted by molar-refractivity contribution is -0.142. The monoisotopic (exact) mass is 389 g/mol. The molecule has 0 spiro atoms. The van der Waals surface area contributed by atoms with Crippen LogP contribution in [0.5, 0.6) is 0 Å². The summed E-state index contributed by atoms with van der Waals surface area (Å²) >= 11 is 6.87. The highest BCUT2D eigenvalue weighted by molar-refractivity contribution is 9.12. The Morgan fingerprint density at radius 1 is 1.42 bits per heavy atom. The molecule has 2 atom stereocenters. The molecule has 1 aromatic rings. The Labute approximate surface area is 130 Å². The van der Waals surface area contributed by atoms with Crippen molar-refractivity contribution in [2.45, 2.75) is 16.6 Å². The number of carbonyl (C=O) groups is 1. The third-order valence-electron chi connectivity index (χ3n) is 2.45. The third-order valence-corrected chi connectivity index (χ3v) is 5.12. The molecule has 0 fully saturated rings. The number of nitrogens with one attached hydrogen (secondary N) is 1. The zero-order valence-electron chi connectivity index (χ0n) is 10.7. The van der Waals surface area contributed by atoms with Crippen LogP contribution in [0.2, 0.25) is 0 Å². The number of anilines is 1. The molecule has 2 unspecified atom stereocenters. The van der Waals surface area contributed by atoms with Crippen molar-refractivity contribution in [2.75, 3.05) is 18.5 Å². The maximum Gasteiger partial charge on any atom is 0.321 e. The maximum atomic E-state index is 11.6. The van der Waals surface area contributed by atoms with Gasteiger partial charge >= 0.3 is 5.97 Å². The van der Waals surface area contributed by atoms with Gasteiger partial charge in [0.1, 0.15) is 4.83 Å². The summed E-state index contributed by atoms with van der Waals surface area (Å²) in [7, 11) is 0. The summed E-state index contributed by atoms with van der Waals surface area (Å²) in [5.41, 5.74) is 2.03. The van der Waals surface area contributed by atoms with Crippen molar-refractivity contribution < 1.29 is 9.53 Å². The number of carbonyl (C=O) groups excluding carboxylic acids is 1. The molecule has 0 saturated heterocycles. The number of benzene rings is 1. The molecule has 0 heterocycles. The fourth-order valence-corrected chi connectivity index (χ4v) is 2.44. The molecule has 1 aromatic carbocycles. The second-order valence-electron chi connectivity index (χ2n) is 3.85. The number of ether oxygens (including phenoxy) is 1. The fraction of sp³-hybridized carbons (Fsp3) is 0.357. The van der Waals surface area contributed by atoms with E-state index in [0.29, 0.717) is 6.61 Å². The second kappa shape index (κ2) is 8.38. The van der Waals surface area contributed by atoms with Crippen LogP contribution in [0.15, 0.2) is 36.9 Å². The Morgan fingerprint density at radius 3 is 2.58 bits per heavy atom. The van der Waals surface area contributed by atoms with Gasteiger partial charge in [0, 0.05) is 12.2 Å². The first-order chi connectivity index (χ1) is 9.10. The van der Waals surface area contributed by atoms with Gasteiger partial charge in [0.15, 0.2) is 0 Å². The van der Waals surface area contributed by atoms with Crippen LogP contribution in [0.3, 0.4) is 0 Å². The van der Waals surface area contributed by atoms with Crippen molar-refractivity contribution in [3.8, 4) is 0 Å². The Morgan fingerprint density at radius 2 is 2.05 bits per heavy atom. The van der Waals surface area contributed by atoms with E-state index >= 15 is 0 Å². The molecular weight excluding hydrogens is 374 g/mol. The van der Waals surface area contributed by atoms with Crippen molar-refractivity contribution in [3.63, 3.8) is 0 Å². The van der Waals surface area contributed by atoms with E-state index < -0.39 is 4.83 Å². The Balaban J connectivity index is 2.68. The van der Waals surface area contributed by atoms with Crippen LogP contribution in [0, 0.1) is 0 Å². The lowest BCUT2D eigenvalue weighted by Gasteiger charge is -2.16. The number of halogens is 2. The fourth-order valence-electron chi connectivity index (χ4n) is 1.49. The zero-order chi connectivity index (χ0) is 14.3. The summed E-state index contributed by atoms with van der Waals surface area (Å²) in [6, 6.07) is 7.88. The van der Waals surface area contributed by atoms with Gasteiger partial charge in [-0.15, -0.1) is 6.58 Å². The normalized spacial score (nSPS) is 13.4. The Hall–Kier alpha value is -0.810. The van der Waals surface area contributed by atoms with E-state index in [2.05, 4.69) is 43.8 Å². The van der Waals surface area contributed by atoms with Crippen LogP contribution in [0.25, 0.3) is 0 Å². The molecule has 0 aliphatic heterocycles. The summed E-state index contributed by atoms with van der Waals surface area (Å²) in [5, 5.41) is 3.20. The smallest absolute Gasteiger partial charge is 0.321 e. The number of rotatable bonds is 7. The summed E-state index contributed by atoms with van der Waals surface area (Å²) < 4.78 is 4.98. The molecule has 0 aliphatic carbocycles. The minimum Gasteiger partial charge on any atom is -0.465 e. The molecule has 0 aromatic heterocycles. The van der Waals surface area contributed by atoms with Gasteiger partial charge in [-0.3, -0.25) is 4.79 Å². The quantitative estimate of drug-likeness (QED) is 0.433. The van der Waals surface area contributed by atoms with Crippen LogP contribution in [0.1, 0.15) is 17.3 Å². The molecule has 0 bridgehead atoms. The topological polar surface area (TPSA) is 38.3 Å². The van der Waals surface area contributed by atoms with Crippen LogP contribution in [-0.2, 0) is 9.53 Å². The molecule has 5 heteroatoms. The van der Waals surface area contributed by atoms with Crippen molar-refractivity contribution in [3.05, 3.63) is 42.5 Å². The van der Waals surface area contributed by atoms with E-state index in [-0.39, 0.29) is 10.8 Å². The minimum absolute atomic E-state index is 0.125. The van der Waals surface area contributed by atoms with Gasteiger partial charge in [-0.05, 0) is 24.6 Å². The molecule has 3 nitrogen and oxygen atoms in total. The van der Waals surface area contributed by atoms with Crippen molar-refractivity contribution in [2.24, 2.45) is 0 Å². The van der Waals surface area contributed by atoms with E-state index in [9.17, 15) is 4.79 Å². The number of esters is 1. The zero-order valence-corrected chi connectivity index (χ0v) is 13.9. The van der Waals surface area contributed by atoms with Crippen molar-refractivity contribution in [1.82, 2.24) is 0 Å². The highest BCUT2D eigenvalue weighted by atomic mass is 79.9. The number of hydrogen-bond acceptors (Lipinski definition) is 3. The molecular formula is C14H17Br2NO2. The first kappa shape index (κ1) is 16.2. The first-order valence-corrected chi connectivity index (χ1v) is 7.82. The standard InChI is InChI=1S/C14H17Br2NO2/c1-3-9-17-11-7-5-10(6-8-11)12(15)13(16)14(18)19-4-2/h3,5-8,12-13,17H,1,4,9H2,2H3. The van der Waals surface area contributed by atoms with Crippen molar-refractivity contribution >= 4 is 43.5 Å². The first-order valence-electron chi connectivity index (χ1n) is 5.99. The predicted molar refractivity (Wildman–Crippen MR) is 86.1 cm³/mol. The molecule has 0 saturated carbocycles. The van der Waals surface area contributed by atoms with Crippen LogP contribution >= 0.6 is 31.9 Å². The van der Waals surface area contributed by atoms with E-state index in [1.165, 1.54) is 0 Å². The molecule has 19 heavy (non-hydrogen) atoms. The van der Waals surface area contributed by atoms with Gasteiger partial charge < -0.3 is 10.1 Å². The molecule has 1 N–H and O–H groups in total. The molecule has 1 rings (SSSR count). The Bertz CT molecular complexity index is 420. The second-order valence-corrected chi connectivity index (χ2v) is 5.82. The average molecular weight is 391 g/mol. The molecule has 0 aliphatic rings. The predicted octanol–water partition coefficient (Wildman–Crippen LogP) is 4.05. The van der Waals surface area contributed by atoms with E-state index in [0.717, 1.165) is 17.8 Å².